The first-order valence-electron chi connectivity index (χ1n) is 8.87. The molecule has 0 spiro atoms. The highest BCUT2D eigenvalue weighted by Crippen LogP contribution is 2.35. The van der Waals surface area contributed by atoms with Crippen LogP contribution in [-0.2, 0) is 9.53 Å². The lowest BCUT2D eigenvalue weighted by Crippen LogP contribution is -2.28. The van der Waals surface area contributed by atoms with Gasteiger partial charge in [0.1, 0.15) is 11.4 Å². The minimum absolute atomic E-state index is 0.0145. The van der Waals surface area contributed by atoms with Gasteiger partial charge in [-0.2, -0.15) is 0 Å². The average molecular weight is 372 g/mol. The summed E-state index contributed by atoms with van der Waals surface area (Å²) in [7, 11) is 0. The van der Waals surface area contributed by atoms with E-state index in [2.05, 4.69) is 0 Å². The molecule has 2 aromatic carbocycles. The number of halogens is 1. The van der Waals surface area contributed by atoms with Crippen LogP contribution in [0.15, 0.2) is 48.5 Å². The lowest BCUT2D eigenvalue weighted by molar-refractivity contribution is -0.137. The van der Waals surface area contributed by atoms with Crippen LogP contribution < -0.4 is 9.47 Å². The van der Waals surface area contributed by atoms with Crippen LogP contribution in [0.1, 0.15) is 43.0 Å². The molecule has 0 atom stereocenters. The predicted molar refractivity (Wildman–Crippen MR) is 96.3 cm³/mol. The Morgan fingerprint density at radius 2 is 1.78 bits per heavy atom. The van der Waals surface area contributed by atoms with Crippen molar-refractivity contribution < 1.29 is 28.2 Å². The maximum Gasteiger partial charge on any atom is 0.349 e. The summed E-state index contributed by atoms with van der Waals surface area (Å²) in [6, 6.07) is 12.2. The molecule has 2 aromatic rings. The Kier molecular flexibility index (Phi) is 5.74. The van der Waals surface area contributed by atoms with Gasteiger partial charge in [-0.3, -0.25) is 0 Å². The van der Waals surface area contributed by atoms with Crippen LogP contribution in [0.25, 0.3) is 0 Å². The SMILES string of the molecule is CC1(Oc2cc(C(=O)OCC(=O)Oc3ccccc3)ccc2F)CCCC1. The fourth-order valence-corrected chi connectivity index (χ4v) is 3.06. The molecule has 0 heterocycles. The summed E-state index contributed by atoms with van der Waals surface area (Å²) in [5.41, 5.74) is -0.316. The first-order valence-corrected chi connectivity index (χ1v) is 8.87. The lowest BCUT2D eigenvalue weighted by atomic mass is 10.1. The molecule has 0 unspecified atom stereocenters. The zero-order valence-corrected chi connectivity index (χ0v) is 15.1. The first kappa shape index (κ1) is 18.9. The number of rotatable bonds is 6. The molecular weight excluding hydrogens is 351 g/mol. The highest BCUT2D eigenvalue weighted by atomic mass is 19.1. The largest absolute Gasteiger partial charge is 0.484 e. The summed E-state index contributed by atoms with van der Waals surface area (Å²) < 4.78 is 29.9. The maximum atomic E-state index is 14.1. The molecule has 1 aliphatic carbocycles. The number of carbonyl (C=O) groups excluding carboxylic acids is 2. The molecule has 142 valence electrons. The molecule has 0 aromatic heterocycles. The normalized spacial score (nSPS) is 15.2. The van der Waals surface area contributed by atoms with Crippen molar-refractivity contribution in [2.24, 2.45) is 0 Å². The molecule has 0 N–H and O–H groups in total. The minimum Gasteiger partial charge on any atom is -0.484 e. The third-order valence-electron chi connectivity index (χ3n) is 4.48. The van der Waals surface area contributed by atoms with Crippen LogP contribution in [0, 0.1) is 5.82 Å². The van der Waals surface area contributed by atoms with E-state index in [9.17, 15) is 14.0 Å². The maximum absolute atomic E-state index is 14.1. The smallest absolute Gasteiger partial charge is 0.349 e. The van der Waals surface area contributed by atoms with Gasteiger partial charge < -0.3 is 14.2 Å². The van der Waals surface area contributed by atoms with Crippen molar-refractivity contribution >= 4 is 11.9 Å². The highest BCUT2D eigenvalue weighted by Gasteiger charge is 2.31. The van der Waals surface area contributed by atoms with Gasteiger partial charge in [0.2, 0.25) is 0 Å². The van der Waals surface area contributed by atoms with Gasteiger partial charge in [-0.05, 0) is 62.9 Å². The van der Waals surface area contributed by atoms with Gasteiger partial charge >= 0.3 is 11.9 Å². The molecule has 6 heteroatoms. The number of para-hydroxylation sites is 1. The molecule has 27 heavy (non-hydrogen) atoms. The molecular formula is C21H21FO5. The van der Waals surface area contributed by atoms with Crippen molar-refractivity contribution in [3.63, 3.8) is 0 Å². The zero-order chi connectivity index (χ0) is 19.3. The number of benzene rings is 2. The van der Waals surface area contributed by atoms with Crippen molar-refractivity contribution in [3.05, 3.63) is 59.9 Å². The molecule has 0 bridgehead atoms. The van der Waals surface area contributed by atoms with Crippen molar-refractivity contribution in [3.8, 4) is 11.5 Å². The molecule has 0 amide bonds. The van der Waals surface area contributed by atoms with E-state index in [4.69, 9.17) is 14.2 Å². The van der Waals surface area contributed by atoms with Crippen LogP contribution in [0.5, 0.6) is 11.5 Å². The Morgan fingerprint density at radius 1 is 1.07 bits per heavy atom. The van der Waals surface area contributed by atoms with Crippen LogP contribution in [0.2, 0.25) is 0 Å². The minimum atomic E-state index is -0.749. The topological polar surface area (TPSA) is 61.8 Å². The molecule has 0 saturated heterocycles. The van der Waals surface area contributed by atoms with Crippen molar-refractivity contribution in [2.45, 2.75) is 38.2 Å². The van der Waals surface area contributed by atoms with E-state index in [1.54, 1.807) is 30.3 Å². The Labute approximate surface area is 157 Å². The number of carbonyl (C=O) groups is 2. The molecule has 3 rings (SSSR count). The molecule has 0 aliphatic heterocycles. The molecule has 1 fully saturated rings. The van der Waals surface area contributed by atoms with Gasteiger partial charge in [0.25, 0.3) is 0 Å². The Morgan fingerprint density at radius 3 is 2.48 bits per heavy atom. The summed E-state index contributed by atoms with van der Waals surface area (Å²) in [5, 5.41) is 0. The van der Waals surface area contributed by atoms with Gasteiger partial charge in [0.05, 0.1) is 5.56 Å². The van der Waals surface area contributed by atoms with Crippen LogP contribution in [0.4, 0.5) is 4.39 Å². The quantitative estimate of drug-likeness (QED) is 0.559. The monoisotopic (exact) mass is 372 g/mol. The zero-order valence-electron chi connectivity index (χ0n) is 15.1. The average Bonchev–Trinajstić information content (AvgIpc) is 3.08. The lowest BCUT2D eigenvalue weighted by Gasteiger charge is -2.26. The summed E-state index contributed by atoms with van der Waals surface area (Å²) in [6.07, 6.45) is 3.74. The summed E-state index contributed by atoms with van der Waals surface area (Å²) in [5.74, 6) is -1.61. The number of esters is 2. The Bertz CT molecular complexity index is 813. The highest BCUT2D eigenvalue weighted by molar-refractivity contribution is 5.91. The molecule has 0 radical (unpaired) electrons. The fraction of sp³-hybridized carbons (Fsp3) is 0.333. The summed E-state index contributed by atoms with van der Waals surface area (Å²) >= 11 is 0. The molecule has 1 saturated carbocycles. The number of hydrogen-bond donors (Lipinski definition) is 0. The van der Waals surface area contributed by atoms with Gasteiger partial charge in [-0.25, -0.2) is 14.0 Å². The van der Waals surface area contributed by atoms with Gasteiger partial charge in [0.15, 0.2) is 18.2 Å². The van der Waals surface area contributed by atoms with Crippen LogP contribution >= 0.6 is 0 Å². The van der Waals surface area contributed by atoms with E-state index in [-0.39, 0.29) is 11.3 Å². The number of ether oxygens (including phenoxy) is 3. The standard InChI is InChI=1S/C21H21FO5/c1-21(11-5-6-12-21)27-18-13-15(9-10-17(18)22)20(24)25-14-19(23)26-16-7-3-2-4-8-16/h2-4,7-10,13H,5-6,11-12,14H2,1H3. The van der Waals surface area contributed by atoms with E-state index < -0.39 is 30.0 Å². The van der Waals surface area contributed by atoms with E-state index in [0.717, 1.165) is 31.7 Å². The molecule has 1 aliphatic rings. The Balaban J connectivity index is 1.59. The second kappa shape index (κ2) is 8.20. The van der Waals surface area contributed by atoms with Crippen LogP contribution in [0.3, 0.4) is 0 Å². The van der Waals surface area contributed by atoms with Crippen LogP contribution in [-0.4, -0.2) is 24.1 Å². The summed E-state index contributed by atoms with van der Waals surface area (Å²) in [4.78, 5) is 23.9. The second-order valence-electron chi connectivity index (χ2n) is 6.77. The first-order chi connectivity index (χ1) is 13.0. The Hall–Kier alpha value is -2.89. The van der Waals surface area contributed by atoms with E-state index in [1.807, 2.05) is 6.92 Å². The summed E-state index contributed by atoms with van der Waals surface area (Å²) in [6.45, 7) is 1.39. The van der Waals surface area contributed by atoms with Crippen molar-refractivity contribution in [1.82, 2.24) is 0 Å². The van der Waals surface area contributed by atoms with E-state index in [0.29, 0.717) is 5.75 Å². The number of hydrogen-bond acceptors (Lipinski definition) is 5. The van der Waals surface area contributed by atoms with E-state index in [1.165, 1.54) is 12.1 Å². The molecule has 5 nitrogen and oxygen atoms in total. The van der Waals surface area contributed by atoms with Gasteiger partial charge in [-0.1, -0.05) is 18.2 Å². The fourth-order valence-electron chi connectivity index (χ4n) is 3.06. The van der Waals surface area contributed by atoms with Gasteiger partial charge in [0, 0.05) is 0 Å². The van der Waals surface area contributed by atoms with Gasteiger partial charge in [-0.15, -0.1) is 0 Å². The van der Waals surface area contributed by atoms with Crippen molar-refractivity contribution in [1.29, 1.82) is 0 Å². The predicted octanol–water partition coefficient (Wildman–Crippen LogP) is 4.30. The third-order valence-corrected chi connectivity index (χ3v) is 4.48. The van der Waals surface area contributed by atoms with Crippen molar-refractivity contribution in [2.75, 3.05) is 6.61 Å². The van der Waals surface area contributed by atoms with E-state index >= 15 is 0 Å². The second-order valence-corrected chi connectivity index (χ2v) is 6.77. The third kappa shape index (κ3) is 5.06.